The lowest BCUT2D eigenvalue weighted by molar-refractivity contribution is 0.386. The van der Waals surface area contributed by atoms with Crippen LogP contribution in [0.4, 0.5) is 10.3 Å². The molecule has 17 heavy (non-hydrogen) atoms. The molecule has 5 heteroatoms. The molecule has 4 nitrogen and oxygen atoms in total. The Kier molecular flexibility index (Phi) is 3.18. The van der Waals surface area contributed by atoms with Gasteiger partial charge < -0.3 is 10.1 Å². The Morgan fingerprint density at radius 2 is 2.12 bits per heavy atom. The summed E-state index contributed by atoms with van der Waals surface area (Å²) in [6.45, 7) is 0. The Morgan fingerprint density at radius 3 is 2.76 bits per heavy atom. The quantitative estimate of drug-likeness (QED) is 0.883. The Bertz CT molecular complexity index is 531. The van der Waals surface area contributed by atoms with Gasteiger partial charge in [-0.1, -0.05) is 0 Å². The molecule has 2 rings (SSSR count). The van der Waals surface area contributed by atoms with Crippen molar-refractivity contribution in [2.75, 3.05) is 19.5 Å². The van der Waals surface area contributed by atoms with Crippen molar-refractivity contribution >= 4 is 5.95 Å². The van der Waals surface area contributed by atoms with E-state index in [1.165, 1.54) is 13.2 Å². The number of nitrogens with zero attached hydrogens (tertiary/aromatic N) is 2. The van der Waals surface area contributed by atoms with E-state index in [0.29, 0.717) is 17.2 Å². The number of halogens is 1. The smallest absolute Gasteiger partial charge is 0.222 e. The number of hydrogen-bond donors (Lipinski definition) is 1. The average Bonchev–Trinajstić information content (AvgIpc) is 2.38. The van der Waals surface area contributed by atoms with Gasteiger partial charge in [-0.05, 0) is 24.3 Å². The fourth-order valence-electron chi connectivity index (χ4n) is 1.47. The number of anilines is 1. The minimum Gasteiger partial charge on any atom is -0.494 e. The van der Waals surface area contributed by atoms with Gasteiger partial charge in [0, 0.05) is 18.8 Å². The van der Waals surface area contributed by atoms with E-state index in [1.807, 2.05) is 0 Å². The topological polar surface area (TPSA) is 47.0 Å². The highest BCUT2D eigenvalue weighted by Crippen LogP contribution is 2.24. The third kappa shape index (κ3) is 2.33. The average molecular weight is 233 g/mol. The van der Waals surface area contributed by atoms with Crippen LogP contribution in [0.5, 0.6) is 5.75 Å². The predicted molar refractivity (Wildman–Crippen MR) is 63.5 cm³/mol. The fourth-order valence-corrected chi connectivity index (χ4v) is 1.47. The van der Waals surface area contributed by atoms with Gasteiger partial charge in [-0.25, -0.2) is 14.4 Å². The van der Waals surface area contributed by atoms with Crippen LogP contribution in [0.3, 0.4) is 0 Å². The molecule has 0 fully saturated rings. The summed E-state index contributed by atoms with van der Waals surface area (Å²) in [5.74, 6) is 0.310. The molecule has 0 spiro atoms. The summed E-state index contributed by atoms with van der Waals surface area (Å²) in [6.07, 6.45) is 1.62. The number of hydrogen-bond acceptors (Lipinski definition) is 4. The van der Waals surface area contributed by atoms with Crippen LogP contribution in [0.2, 0.25) is 0 Å². The summed E-state index contributed by atoms with van der Waals surface area (Å²) in [5.41, 5.74) is 1.34. The zero-order chi connectivity index (χ0) is 12.3. The van der Waals surface area contributed by atoms with Crippen molar-refractivity contribution in [1.82, 2.24) is 9.97 Å². The van der Waals surface area contributed by atoms with Gasteiger partial charge in [0.25, 0.3) is 0 Å². The normalized spacial score (nSPS) is 10.1. The zero-order valence-corrected chi connectivity index (χ0v) is 9.57. The first-order valence-corrected chi connectivity index (χ1v) is 5.09. The second-order valence-corrected chi connectivity index (χ2v) is 3.36. The molecule has 0 saturated carbocycles. The number of ether oxygens (including phenoxy) is 1. The van der Waals surface area contributed by atoms with E-state index in [2.05, 4.69) is 15.3 Å². The molecule has 0 amide bonds. The molecule has 1 aromatic carbocycles. The van der Waals surface area contributed by atoms with Crippen LogP contribution in [-0.2, 0) is 0 Å². The van der Waals surface area contributed by atoms with Crippen molar-refractivity contribution in [3.63, 3.8) is 0 Å². The molecule has 0 radical (unpaired) electrons. The Balaban J connectivity index is 2.42. The van der Waals surface area contributed by atoms with Crippen LogP contribution < -0.4 is 10.1 Å². The Morgan fingerprint density at radius 1 is 1.29 bits per heavy atom. The molecule has 0 aliphatic carbocycles. The maximum atomic E-state index is 13.5. The number of aromatic nitrogens is 2. The van der Waals surface area contributed by atoms with E-state index in [-0.39, 0.29) is 5.75 Å². The summed E-state index contributed by atoms with van der Waals surface area (Å²) in [6, 6.07) is 6.44. The molecule has 2 aromatic rings. The summed E-state index contributed by atoms with van der Waals surface area (Å²) >= 11 is 0. The van der Waals surface area contributed by atoms with Crippen LogP contribution >= 0.6 is 0 Å². The summed E-state index contributed by atoms with van der Waals surface area (Å²) < 4.78 is 18.4. The van der Waals surface area contributed by atoms with Crippen LogP contribution in [0.25, 0.3) is 11.3 Å². The van der Waals surface area contributed by atoms with Gasteiger partial charge in [0.15, 0.2) is 11.6 Å². The Hall–Kier alpha value is -2.17. The molecule has 0 bridgehead atoms. The molecule has 1 N–H and O–H groups in total. The number of benzene rings is 1. The van der Waals surface area contributed by atoms with Gasteiger partial charge in [0.1, 0.15) is 0 Å². The number of methoxy groups -OCH3 is 1. The first-order chi connectivity index (χ1) is 8.24. The summed E-state index contributed by atoms with van der Waals surface area (Å²) in [7, 11) is 3.16. The minimum absolute atomic E-state index is 0.219. The van der Waals surface area contributed by atoms with Gasteiger partial charge in [-0.15, -0.1) is 0 Å². The van der Waals surface area contributed by atoms with E-state index in [0.717, 1.165) is 0 Å². The predicted octanol–water partition coefficient (Wildman–Crippen LogP) is 2.33. The van der Waals surface area contributed by atoms with Crippen molar-refractivity contribution in [1.29, 1.82) is 0 Å². The van der Waals surface area contributed by atoms with Gasteiger partial charge >= 0.3 is 0 Å². The van der Waals surface area contributed by atoms with Crippen LogP contribution in [0.1, 0.15) is 0 Å². The molecule has 1 heterocycles. The second kappa shape index (κ2) is 4.78. The molecule has 0 aliphatic heterocycles. The van der Waals surface area contributed by atoms with Crippen molar-refractivity contribution in [3.05, 3.63) is 36.3 Å². The second-order valence-electron chi connectivity index (χ2n) is 3.36. The zero-order valence-electron chi connectivity index (χ0n) is 9.57. The lowest BCUT2D eigenvalue weighted by Crippen LogP contribution is -1.97. The largest absolute Gasteiger partial charge is 0.494 e. The molecule has 1 aromatic heterocycles. The van der Waals surface area contributed by atoms with E-state index in [9.17, 15) is 4.39 Å². The summed E-state index contributed by atoms with van der Waals surface area (Å²) in [5, 5.41) is 2.83. The van der Waals surface area contributed by atoms with Gasteiger partial charge in [-0.3, -0.25) is 0 Å². The third-order valence-electron chi connectivity index (χ3n) is 2.33. The van der Waals surface area contributed by atoms with Crippen molar-refractivity contribution in [2.24, 2.45) is 0 Å². The molecule has 0 saturated heterocycles. The maximum absolute atomic E-state index is 13.5. The SMILES string of the molecule is CNc1nccc(-c2ccc(OC)c(F)c2)n1. The van der Waals surface area contributed by atoms with E-state index in [4.69, 9.17) is 4.74 Å². The van der Waals surface area contributed by atoms with Gasteiger partial charge in [-0.2, -0.15) is 0 Å². The minimum atomic E-state index is -0.408. The van der Waals surface area contributed by atoms with E-state index >= 15 is 0 Å². The fraction of sp³-hybridized carbons (Fsp3) is 0.167. The van der Waals surface area contributed by atoms with Crippen LogP contribution in [-0.4, -0.2) is 24.1 Å². The van der Waals surface area contributed by atoms with Crippen molar-refractivity contribution in [3.8, 4) is 17.0 Å². The lowest BCUT2D eigenvalue weighted by Gasteiger charge is -2.05. The number of nitrogens with one attached hydrogen (secondary N) is 1. The van der Waals surface area contributed by atoms with E-state index in [1.54, 1.807) is 31.4 Å². The Labute approximate surface area is 98.5 Å². The monoisotopic (exact) mass is 233 g/mol. The molecule has 0 aliphatic rings. The van der Waals surface area contributed by atoms with Crippen molar-refractivity contribution < 1.29 is 9.13 Å². The standard InChI is InChI=1S/C12H12FN3O/c1-14-12-15-6-5-10(16-12)8-3-4-11(17-2)9(13)7-8/h3-7H,1-2H3,(H,14,15,16). The first-order valence-electron chi connectivity index (χ1n) is 5.09. The number of rotatable bonds is 3. The molecular formula is C12H12FN3O. The summed E-state index contributed by atoms with van der Waals surface area (Å²) in [4.78, 5) is 8.23. The van der Waals surface area contributed by atoms with Crippen LogP contribution in [0.15, 0.2) is 30.5 Å². The van der Waals surface area contributed by atoms with Gasteiger partial charge in [0.05, 0.1) is 12.8 Å². The highest BCUT2D eigenvalue weighted by Gasteiger charge is 2.06. The first kappa shape index (κ1) is 11.3. The molecule has 0 atom stereocenters. The van der Waals surface area contributed by atoms with Gasteiger partial charge in [0.2, 0.25) is 5.95 Å². The highest BCUT2D eigenvalue weighted by molar-refractivity contribution is 5.61. The maximum Gasteiger partial charge on any atom is 0.222 e. The molecule has 0 unspecified atom stereocenters. The van der Waals surface area contributed by atoms with Crippen molar-refractivity contribution in [2.45, 2.75) is 0 Å². The van der Waals surface area contributed by atoms with E-state index < -0.39 is 5.82 Å². The van der Waals surface area contributed by atoms with Crippen LogP contribution in [0, 0.1) is 5.82 Å². The highest BCUT2D eigenvalue weighted by atomic mass is 19.1. The third-order valence-corrected chi connectivity index (χ3v) is 2.33. The lowest BCUT2D eigenvalue weighted by atomic mass is 10.1. The molecular weight excluding hydrogens is 221 g/mol. The molecule has 88 valence electrons.